The van der Waals surface area contributed by atoms with Gasteiger partial charge in [-0.2, -0.15) is 0 Å². The molecular formula is H3AlFe2O12S3. The van der Waals surface area contributed by atoms with Crippen molar-refractivity contribution < 1.29 is 86.7 Å². The molecule has 18 heavy (non-hydrogen) atoms. The molecule has 12 nitrogen and oxygen atoms in total. The first-order valence-electron chi connectivity index (χ1n) is 2.00. The summed E-state index contributed by atoms with van der Waals surface area (Å²) in [5.41, 5.74) is 0. The largest absolute Gasteiger partial charge is 3.00 e. The van der Waals surface area contributed by atoms with E-state index in [9.17, 15) is 0 Å². The molecule has 0 atom stereocenters. The van der Waals surface area contributed by atoms with Crippen LogP contribution < -0.4 is 0 Å². The number of hydrogen-bond donors (Lipinski definition) is 0. The van der Waals surface area contributed by atoms with Gasteiger partial charge in [0.2, 0.25) is 0 Å². The van der Waals surface area contributed by atoms with Gasteiger partial charge in [-0.25, -0.2) is 0 Å². The van der Waals surface area contributed by atoms with Gasteiger partial charge >= 0.3 is 34.1 Å². The molecule has 0 aromatic carbocycles. The SMILES string of the molecule is O=S(=O)([O-])[O-].O=S(=O)([O-])[O-].O=S(=O)([O-])[O-].[AlH3].[Fe+3].[Fe+3]. The molecule has 0 spiro atoms. The van der Waals surface area contributed by atoms with E-state index in [0.717, 1.165) is 0 Å². The first-order chi connectivity index (χ1) is 6.00. The summed E-state index contributed by atoms with van der Waals surface area (Å²) in [4.78, 5) is 0. The van der Waals surface area contributed by atoms with Gasteiger partial charge in [-0.15, -0.1) is 0 Å². The van der Waals surface area contributed by atoms with E-state index in [1.165, 1.54) is 0 Å². The van der Waals surface area contributed by atoms with Crippen LogP contribution in [0.25, 0.3) is 0 Å². The molecule has 0 aromatic rings. The van der Waals surface area contributed by atoms with Crippen molar-refractivity contribution in [3.8, 4) is 0 Å². The average Bonchev–Trinajstić information content (AvgIpc) is 1.41. The fourth-order valence-electron chi connectivity index (χ4n) is 0. The van der Waals surface area contributed by atoms with Crippen LogP contribution in [0.2, 0.25) is 0 Å². The van der Waals surface area contributed by atoms with Crippen molar-refractivity contribution in [2.75, 3.05) is 0 Å². The maximum Gasteiger partial charge on any atom is 3.00 e. The smallest absolute Gasteiger partial charge is 0.759 e. The molecule has 0 amide bonds. The van der Waals surface area contributed by atoms with Crippen LogP contribution in [0.1, 0.15) is 0 Å². The molecule has 112 valence electrons. The summed E-state index contributed by atoms with van der Waals surface area (Å²) in [6.45, 7) is 0. The molecular weight excluding hydrogens is 427 g/mol. The van der Waals surface area contributed by atoms with E-state index < -0.39 is 31.2 Å². The van der Waals surface area contributed by atoms with Crippen molar-refractivity contribution in [2.45, 2.75) is 0 Å². The first-order valence-corrected chi connectivity index (χ1v) is 6.00. The van der Waals surface area contributed by atoms with Gasteiger partial charge in [-0.1, -0.05) is 0 Å². The summed E-state index contributed by atoms with van der Waals surface area (Å²) in [6, 6.07) is 0. The Morgan fingerprint density at radius 2 is 0.444 bits per heavy atom. The zero-order valence-corrected chi connectivity index (χ0v) is 11.5. The molecule has 0 aliphatic rings. The van der Waals surface area contributed by atoms with Crippen LogP contribution in [0.3, 0.4) is 0 Å². The summed E-state index contributed by atoms with van der Waals surface area (Å²) in [5.74, 6) is 0. The summed E-state index contributed by atoms with van der Waals surface area (Å²) in [7, 11) is -15.5. The van der Waals surface area contributed by atoms with E-state index in [0.29, 0.717) is 0 Å². The maximum atomic E-state index is 8.52. The molecule has 0 rings (SSSR count). The molecule has 0 saturated carbocycles. The molecule has 0 aromatic heterocycles. The molecule has 2 radical (unpaired) electrons. The Morgan fingerprint density at radius 3 is 0.444 bits per heavy atom. The van der Waals surface area contributed by atoms with Crippen LogP contribution in [0.15, 0.2) is 0 Å². The van der Waals surface area contributed by atoms with Crippen molar-refractivity contribution >= 4 is 48.6 Å². The van der Waals surface area contributed by atoms with E-state index >= 15 is 0 Å². The average molecular weight is 430 g/mol. The first kappa shape index (κ1) is 36.5. The maximum absolute atomic E-state index is 8.52. The zero-order chi connectivity index (χ0) is 13.5. The molecule has 18 heteroatoms. The molecule has 0 aliphatic carbocycles. The second-order valence-electron chi connectivity index (χ2n) is 1.22. The summed E-state index contributed by atoms with van der Waals surface area (Å²) in [6.07, 6.45) is 0. The van der Waals surface area contributed by atoms with Gasteiger partial charge in [0.05, 0.1) is 0 Å². The fraction of sp³-hybridized carbons (Fsp3) is 0. The minimum absolute atomic E-state index is 0. The summed E-state index contributed by atoms with van der Waals surface area (Å²) in [5, 5.41) is 0. The van der Waals surface area contributed by atoms with E-state index in [1.54, 1.807) is 0 Å². The predicted molar refractivity (Wildman–Crippen MR) is 41.4 cm³/mol. The zero-order valence-electron chi connectivity index (χ0n) is 6.83. The Morgan fingerprint density at radius 1 is 0.444 bits per heavy atom. The Kier molecular flexibility index (Phi) is 29.6. The van der Waals surface area contributed by atoms with E-state index in [4.69, 9.17) is 52.6 Å². The Hall–Kier alpha value is 1.18. The second-order valence-corrected chi connectivity index (χ2v) is 3.67. The van der Waals surface area contributed by atoms with Gasteiger partial charge in [0.25, 0.3) is 0 Å². The third kappa shape index (κ3) is 3220. The standard InChI is InChI=1S/Al.2Fe.3H2O4S.3H/c;;;3*1-5(2,3)4;;;/h;;;3*(H2,1,2,3,4);;;/q;2*+3;;;;;;/p-6. The van der Waals surface area contributed by atoms with Gasteiger partial charge in [0.1, 0.15) is 0 Å². The normalized spacial score (nSPS) is 9.67. The van der Waals surface area contributed by atoms with Gasteiger partial charge in [-0.3, -0.25) is 25.3 Å². The third-order valence-electron chi connectivity index (χ3n) is 0. The van der Waals surface area contributed by atoms with E-state index in [2.05, 4.69) is 0 Å². The van der Waals surface area contributed by atoms with Crippen molar-refractivity contribution in [3.63, 3.8) is 0 Å². The van der Waals surface area contributed by atoms with Crippen LogP contribution in [0.5, 0.6) is 0 Å². The van der Waals surface area contributed by atoms with E-state index in [-0.39, 0.29) is 51.5 Å². The minimum atomic E-state index is -5.17. The van der Waals surface area contributed by atoms with Gasteiger partial charge in [0.15, 0.2) is 17.4 Å². The molecule has 0 heterocycles. The second kappa shape index (κ2) is 14.6. The van der Waals surface area contributed by atoms with Crippen molar-refractivity contribution in [1.82, 2.24) is 0 Å². The van der Waals surface area contributed by atoms with Crippen LogP contribution in [-0.4, -0.2) is 69.9 Å². The van der Waals surface area contributed by atoms with Crippen molar-refractivity contribution in [3.05, 3.63) is 0 Å². The number of rotatable bonds is 0. The molecule has 0 aliphatic heterocycles. The van der Waals surface area contributed by atoms with Crippen molar-refractivity contribution in [1.29, 1.82) is 0 Å². The predicted octanol–water partition coefficient (Wildman–Crippen LogP) is -5.20. The van der Waals surface area contributed by atoms with Crippen LogP contribution in [0.4, 0.5) is 0 Å². The van der Waals surface area contributed by atoms with Crippen LogP contribution in [-0.2, 0) is 65.3 Å². The monoisotopic (exact) mass is 430 g/mol. The van der Waals surface area contributed by atoms with Crippen LogP contribution in [0, 0.1) is 0 Å². The quantitative estimate of drug-likeness (QED) is 0.199. The molecule has 0 fully saturated rings. The Bertz CT molecular complexity index is 346. The molecule has 0 unspecified atom stereocenters. The molecule has 0 N–H and O–H groups in total. The van der Waals surface area contributed by atoms with Crippen LogP contribution >= 0.6 is 0 Å². The van der Waals surface area contributed by atoms with Crippen molar-refractivity contribution in [2.24, 2.45) is 0 Å². The molecule has 0 bridgehead atoms. The van der Waals surface area contributed by atoms with Gasteiger partial charge in [-0.05, 0) is 0 Å². The fourth-order valence-corrected chi connectivity index (χ4v) is 0. The van der Waals surface area contributed by atoms with Gasteiger partial charge < -0.3 is 27.3 Å². The summed E-state index contributed by atoms with van der Waals surface area (Å²) < 4.78 is 102. The number of hydrogen-bond acceptors (Lipinski definition) is 12. The van der Waals surface area contributed by atoms with Gasteiger partial charge in [0, 0.05) is 31.2 Å². The molecule has 0 saturated heterocycles. The third-order valence-corrected chi connectivity index (χ3v) is 0. The minimum Gasteiger partial charge on any atom is -0.759 e. The topological polar surface area (TPSA) is 241 Å². The summed E-state index contributed by atoms with van der Waals surface area (Å²) >= 11 is 0. The van der Waals surface area contributed by atoms with E-state index in [1.807, 2.05) is 0 Å². The Balaban J connectivity index is -0.0000000277. The Labute approximate surface area is 134 Å².